The largest absolute Gasteiger partial charge is 0.419 e. The van der Waals surface area contributed by atoms with Crippen LogP contribution in [0, 0.1) is 5.82 Å². The Morgan fingerprint density at radius 1 is 1.33 bits per heavy atom. The highest BCUT2D eigenvalue weighted by Gasteiger charge is 2.37. The second-order valence-electron chi connectivity index (χ2n) is 5.39. The van der Waals surface area contributed by atoms with Gasteiger partial charge in [-0.15, -0.1) is 0 Å². The summed E-state index contributed by atoms with van der Waals surface area (Å²) in [5, 5.41) is 0. The van der Waals surface area contributed by atoms with Crippen molar-refractivity contribution in [3.8, 4) is 0 Å². The van der Waals surface area contributed by atoms with Crippen molar-refractivity contribution in [3.63, 3.8) is 0 Å². The van der Waals surface area contributed by atoms with Gasteiger partial charge in [-0.1, -0.05) is 6.92 Å². The average molecular weight is 303 g/mol. The van der Waals surface area contributed by atoms with E-state index >= 15 is 0 Å². The normalized spacial score (nSPS) is 22.7. The SMILES string of the molecule is CCC1CCC(C)N1C(=O)c1ccc(F)c(C(F)(F)F)c1. The lowest BCUT2D eigenvalue weighted by molar-refractivity contribution is -0.140. The first-order valence-corrected chi connectivity index (χ1v) is 6.95. The van der Waals surface area contributed by atoms with Crippen molar-refractivity contribution >= 4 is 5.91 Å². The summed E-state index contributed by atoms with van der Waals surface area (Å²) in [5.74, 6) is -1.82. The summed E-state index contributed by atoms with van der Waals surface area (Å²) in [6, 6.07) is 2.45. The second-order valence-corrected chi connectivity index (χ2v) is 5.39. The number of carbonyl (C=O) groups is 1. The summed E-state index contributed by atoms with van der Waals surface area (Å²) in [7, 11) is 0. The minimum Gasteiger partial charge on any atom is -0.333 e. The highest BCUT2D eigenvalue weighted by Crippen LogP contribution is 2.33. The molecule has 1 amide bonds. The molecular formula is C15H17F4NO. The Morgan fingerprint density at radius 3 is 2.57 bits per heavy atom. The zero-order chi connectivity index (χ0) is 15.8. The van der Waals surface area contributed by atoms with Crippen LogP contribution in [-0.4, -0.2) is 22.9 Å². The highest BCUT2D eigenvalue weighted by atomic mass is 19.4. The Morgan fingerprint density at radius 2 is 2.00 bits per heavy atom. The molecule has 2 nitrogen and oxygen atoms in total. The van der Waals surface area contributed by atoms with E-state index in [0.717, 1.165) is 25.3 Å². The van der Waals surface area contributed by atoms with Crippen LogP contribution < -0.4 is 0 Å². The smallest absolute Gasteiger partial charge is 0.333 e. The molecule has 21 heavy (non-hydrogen) atoms. The van der Waals surface area contributed by atoms with E-state index in [2.05, 4.69) is 0 Å². The number of hydrogen-bond acceptors (Lipinski definition) is 1. The Hall–Kier alpha value is -1.59. The third kappa shape index (κ3) is 3.04. The van der Waals surface area contributed by atoms with E-state index in [1.807, 2.05) is 13.8 Å². The van der Waals surface area contributed by atoms with E-state index in [9.17, 15) is 22.4 Å². The van der Waals surface area contributed by atoms with Crippen LogP contribution in [0.2, 0.25) is 0 Å². The fourth-order valence-corrected chi connectivity index (χ4v) is 2.86. The number of halogens is 4. The van der Waals surface area contributed by atoms with Crippen molar-refractivity contribution < 1.29 is 22.4 Å². The molecule has 2 rings (SSSR count). The quantitative estimate of drug-likeness (QED) is 0.748. The van der Waals surface area contributed by atoms with E-state index in [0.29, 0.717) is 12.1 Å². The summed E-state index contributed by atoms with van der Waals surface area (Å²) in [4.78, 5) is 14.1. The lowest BCUT2D eigenvalue weighted by atomic mass is 10.1. The number of carbonyl (C=O) groups excluding carboxylic acids is 1. The summed E-state index contributed by atoms with van der Waals surface area (Å²) < 4.78 is 51.5. The molecule has 0 saturated carbocycles. The number of benzene rings is 1. The number of likely N-dealkylation sites (tertiary alicyclic amines) is 1. The Labute approximate surface area is 120 Å². The third-order valence-corrected chi connectivity index (χ3v) is 4.01. The van der Waals surface area contributed by atoms with Crippen molar-refractivity contribution in [1.29, 1.82) is 0 Å². The summed E-state index contributed by atoms with van der Waals surface area (Å²) >= 11 is 0. The van der Waals surface area contributed by atoms with Crippen LogP contribution in [0.3, 0.4) is 0 Å². The van der Waals surface area contributed by atoms with Crippen molar-refractivity contribution in [3.05, 3.63) is 35.1 Å². The molecule has 6 heteroatoms. The van der Waals surface area contributed by atoms with Gasteiger partial charge in [-0.2, -0.15) is 13.2 Å². The third-order valence-electron chi connectivity index (χ3n) is 4.01. The number of amides is 1. The molecule has 1 aromatic rings. The number of rotatable bonds is 2. The van der Waals surface area contributed by atoms with E-state index in [1.165, 1.54) is 0 Å². The van der Waals surface area contributed by atoms with E-state index in [1.54, 1.807) is 4.90 Å². The first-order valence-electron chi connectivity index (χ1n) is 6.95. The van der Waals surface area contributed by atoms with Gasteiger partial charge in [0, 0.05) is 17.6 Å². The van der Waals surface area contributed by atoms with Gasteiger partial charge in [0.15, 0.2) is 0 Å². The minimum absolute atomic E-state index is 0.0122. The molecule has 2 atom stereocenters. The van der Waals surface area contributed by atoms with Crippen LogP contribution in [-0.2, 0) is 6.18 Å². The predicted molar refractivity (Wildman–Crippen MR) is 70.3 cm³/mol. The number of hydrogen-bond donors (Lipinski definition) is 0. The maximum Gasteiger partial charge on any atom is 0.419 e. The lowest BCUT2D eigenvalue weighted by Gasteiger charge is -2.28. The van der Waals surface area contributed by atoms with Crippen molar-refractivity contribution in [2.75, 3.05) is 0 Å². The van der Waals surface area contributed by atoms with Gasteiger partial charge in [0.1, 0.15) is 5.82 Å². The predicted octanol–water partition coefficient (Wildman–Crippen LogP) is 4.25. The maximum atomic E-state index is 13.3. The monoisotopic (exact) mass is 303 g/mol. The first-order chi connectivity index (χ1) is 9.75. The molecule has 0 N–H and O–H groups in total. The Bertz CT molecular complexity index is 541. The fraction of sp³-hybridized carbons (Fsp3) is 0.533. The van der Waals surface area contributed by atoms with Crippen LogP contribution in [0.5, 0.6) is 0 Å². The standard InChI is InChI=1S/C15H17F4NO/c1-3-11-6-4-9(2)20(11)14(21)10-5-7-13(16)12(8-10)15(17,18)19/h5,7-9,11H,3-4,6H2,1-2H3. The number of alkyl halides is 3. The van der Waals surface area contributed by atoms with Gasteiger partial charge in [-0.25, -0.2) is 4.39 Å². The molecule has 1 aromatic carbocycles. The fourth-order valence-electron chi connectivity index (χ4n) is 2.86. The molecular weight excluding hydrogens is 286 g/mol. The van der Waals surface area contributed by atoms with Gasteiger partial charge in [0.2, 0.25) is 0 Å². The van der Waals surface area contributed by atoms with Crippen molar-refractivity contribution in [2.24, 2.45) is 0 Å². The van der Waals surface area contributed by atoms with Gasteiger partial charge < -0.3 is 4.90 Å². The molecule has 0 aliphatic carbocycles. The van der Waals surface area contributed by atoms with Crippen LogP contribution in [0.4, 0.5) is 17.6 Å². The zero-order valence-corrected chi connectivity index (χ0v) is 11.9. The molecule has 0 aromatic heterocycles. The molecule has 1 aliphatic heterocycles. The van der Waals surface area contributed by atoms with Crippen LogP contribution in [0.15, 0.2) is 18.2 Å². The van der Waals surface area contributed by atoms with E-state index in [-0.39, 0.29) is 17.6 Å². The highest BCUT2D eigenvalue weighted by molar-refractivity contribution is 5.95. The summed E-state index contributed by atoms with van der Waals surface area (Å²) in [6.45, 7) is 3.82. The second kappa shape index (κ2) is 5.66. The summed E-state index contributed by atoms with van der Waals surface area (Å²) in [6.07, 6.45) is -2.38. The van der Waals surface area contributed by atoms with Crippen LogP contribution in [0.25, 0.3) is 0 Å². The minimum atomic E-state index is -4.80. The molecule has 2 unspecified atom stereocenters. The van der Waals surface area contributed by atoms with Crippen molar-refractivity contribution in [1.82, 2.24) is 4.90 Å². The van der Waals surface area contributed by atoms with Gasteiger partial charge in [0.25, 0.3) is 5.91 Å². The molecule has 0 spiro atoms. The molecule has 1 aliphatic rings. The molecule has 0 bridgehead atoms. The molecule has 1 saturated heterocycles. The van der Waals surface area contributed by atoms with Crippen LogP contribution in [0.1, 0.15) is 49.0 Å². The number of nitrogens with zero attached hydrogens (tertiary/aromatic N) is 1. The first kappa shape index (κ1) is 15.8. The zero-order valence-electron chi connectivity index (χ0n) is 11.9. The Kier molecular flexibility index (Phi) is 4.25. The van der Waals surface area contributed by atoms with Gasteiger partial charge in [0.05, 0.1) is 5.56 Å². The maximum absolute atomic E-state index is 13.3. The molecule has 0 radical (unpaired) electrons. The Balaban J connectivity index is 2.36. The topological polar surface area (TPSA) is 20.3 Å². The molecule has 1 fully saturated rings. The van der Waals surface area contributed by atoms with Crippen LogP contribution >= 0.6 is 0 Å². The van der Waals surface area contributed by atoms with Gasteiger partial charge in [-0.05, 0) is 44.4 Å². The molecule has 1 heterocycles. The average Bonchev–Trinajstić information content (AvgIpc) is 2.78. The van der Waals surface area contributed by atoms with Gasteiger partial charge in [-0.3, -0.25) is 4.79 Å². The van der Waals surface area contributed by atoms with E-state index < -0.39 is 23.5 Å². The van der Waals surface area contributed by atoms with E-state index in [4.69, 9.17) is 0 Å². The van der Waals surface area contributed by atoms with Gasteiger partial charge >= 0.3 is 6.18 Å². The lowest BCUT2D eigenvalue weighted by Crippen LogP contribution is -2.39. The van der Waals surface area contributed by atoms with Crippen molar-refractivity contribution in [2.45, 2.75) is 51.4 Å². The molecule has 116 valence electrons. The summed E-state index contributed by atoms with van der Waals surface area (Å²) in [5.41, 5.74) is -1.51.